The lowest BCUT2D eigenvalue weighted by Gasteiger charge is -2.35. The van der Waals surface area contributed by atoms with E-state index in [1.54, 1.807) is 31.0 Å². The first kappa shape index (κ1) is 31.9. The van der Waals surface area contributed by atoms with Crippen LogP contribution < -0.4 is 14.8 Å². The van der Waals surface area contributed by atoms with Gasteiger partial charge in [-0.3, -0.25) is 0 Å². The topological polar surface area (TPSA) is 72.3 Å². The van der Waals surface area contributed by atoms with Crippen molar-refractivity contribution in [2.75, 3.05) is 24.8 Å². The van der Waals surface area contributed by atoms with E-state index < -0.39 is 0 Å². The highest BCUT2D eigenvalue weighted by atomic mass is 32.2. The van der Waals surface area contributed by atoms with Crippen molar-refractivity contribution in [1.29, 1.82) is 0 Å². The van der Waals surface area contributed by atoms with Gasteiger partial charge in [-0.15, -0.1) is 16.9 Å². The summed E-state index contributed by atoms with van der Waals surface area (Å²) in [6.45, 7) is 20.4. The van der Waals surface area contributed by atoms with E-state index in [2.05, 4.69) is 92.4 Å². The highest BCUT2D eigenvalue weighted by Crippen LogP contribution is 2.53. The molecule has 0 saturated heterocycles. The van der Waals surface area contributed by atoms with E-state index in [4.69, 9.17) is 9.47 Å². The molecule has 6 nitrogen and oxygen atoms in total. The molecule has 0 fully saturated rings. The molecule has 2 aliphatic heterocycles. The van der Waals surface area contributed by atoms with Gasteiger partial charge < -0.3 is 24.7 Å². The predicted octanol–water partition coefficient (Wildman–Crippen LogP) is 8.98. The third-order valence-electron chi connectivity index (χ3n) is 5.82. The second-order valence-electron chi connectivity index (χ2n) is 9.70. The number of hydrogen-bond acceptors (Lipinski definition) is 7. The summed E-state index contributed by atoms with van der Waals surface area (Å²) in [6, 6.07) is 7.63. The Morgan fingerprint density at radius 3 is 2.46 bits per heavy atom. The van der Waals surface area contributed by atoms with Crippen molar-refractivity contribution >= 4 is 35.5 Å². The quantitative estimate of drug-likeness (QED) is 0.203. The van der Waals surface area contributed by atoms with Crippen LogP contribution in [0.2, 0.25) is 0 Å². The molecule has 0 unspecified atom stereocenters. The minimum atomic E-state index is -0.129. The first-order chi connectivity index (χ1) is 18.6. The van der Waals surface area contributed by atoms with Crippen LogP contribution in [0.1, 0.15) is 66.5 Å². The molecule has 2 aromatic carbocycles. The maximum atomic E-state index is 10.4. The molecule has 0 spiro atoms. The molecule has 0 aromatic heterocycles. The molecular weight excluding hydrogens is 508 g/mol. The molecule has 0 amide bonds. The third kappa shape index (κ3) is 7.85. The summed E-state index contributed by atoms with van der Waals surface area (Å²) < 4.78 is 12.0. The number of fused-ring (bicyclic) bond motifs is 5. The van der Waals surface area contributed by atoms with Crippen molar-refractivity contribution in [2.45, 2.75) is 60.9 Å². The van der Waals surface area contributed by atoms with Gasteiger partial charge in [-0.25, -0.2) is 0 Å². The Labute approximate surface area is 238 Å². The second kappa shape index (κ2) is 14.7. The maximum absolute atomic E-state index is 10.4. The number of thioether (sulfide) groups is 1. The van der Waals surface area contributed by atoms with Crippen LogP contribution in [0.3, 0.4) is 0 Å². The van der Waals surface area contributed by atoms with Crippen LogP contribution in [0.25, 0.3) is 22.5 Å². The second-order valence-corrected chi connectivity index (χ2v) is 10.6. The monoisotopic (exact) mass is 552 g/mol. The van der Waals surface area contributed by atoms with Gasteiger partial charge in [0, 0.05) is 34.8 Å². The molecule has 0 aliphatic carbocycles. The number of phenolic OH excluding ortho intramolecular Hbond substituents is 1. The smallest absolute Gasteiger partial charge is 0.172 e. The number of phenols is 1. The largest absolute Gasteiger partial charge is 0.504 e. The van der Waals surface area contributed by atoms with Crippen LogP contribution in [0.5, 0.6) is 17.2 Å². The normalized spacial score (nSPS) is 15.2. The SMILES string of the molecule is C=NOCC.CC.COc1c(O)ccc2c1-c1ccc3c(c1/C(=C/CS/C=C\C(C)C)O2)C(C)=CC(C)(C)N3. The van der Waals surface area contributed by atoms with Gasteiger partial charge in [-0.05, 0) is 68.9 Å². The summed E-state index contributed by atoms with van der Waals surface area (Å²) in [7, 11) is 1.58. The maximum Gasteiger partial charge on any atom is 0.172 e. The summed E-state index contributed by atoms with van der Waals surface area (Å²) in [4.78, 5) is 4.35. The van der Waals surface area contributed by atoms with Gasteiger partial charge in [0.1, 0.15) is 18.1 Å². The van der Waals surface area contributed by atoms with E-state index in [9.17, 15) is 5.11 Å². The molecule has 4 rings (SSSR count). The zero-order valence-corrected chi connectivity index (χ0v) is 25.7. The number of anilines is 1. The minimum absolute atomic E-state index is 0.104. The number of oxime groups is 1. The average Bonchev–Trinajstić information content (AvgIpc) is 2.89. The Morgan fingerprint density at radius 1 is 1.15 bits per heavy atom. The first-order valence-corrected chi connectivity index (χ1v) is 14.5. The number of ether oxygens (including phenoxy) is 2. The molecule has 2 N–H and O–H groups in total. The van der Waals surface area contributed by atoms with Gasteiger partial charge in [-0.1, -0.05) is 45.9 Å². The van der Waals surface area contributed by atoms with Crippen molar-refractivity contribution in [3.05, 3.63) is 59.0 Å². The molecule has 39 heavy (non-hydrogen) atoms. The number of nitrogens with one attached hydrogen (secondary N) is 1. The highest BCUT2D eigenvalue weighted by molar-refractivity contribution is 8.02. The zero-order valence-electron chi connectivity index (χ0n) is 24.8. The minimum Gasteiger partial charge on any atom is -0.504 e. The first-order valence-electron chi connectivity index (χ1n) is 13.4. The summed E-state index contributed by atoms with van der Waals surface area (Å²) in [5.41, 5.74) is 6.10. The fraction of sp³-hybridized carbons (Fsp3) is 0.406. The lowest BCUT2D eigenvalue weighted by molar-refractivity contribution is 0.161. The van der Waals surface area contributed by atoms with Gasteiger partial charge in [0.15, 0.2) is 11.5 Å². The van der Waals surface area contributed by atoms with Crippen LogP contribution >= 0.6 is 11.8 Å². The molecular formula is C32H44N2O4S. The molecule has 212 valence electrons. The van der Waals surface area contributed by atoms with E-state index in [1.807, 2.05) is 20.8 Å². The third-order valence-corrected chi connectivity index (χ3v) is 6.53. The Hall–Kier alpha value is -3.32. The molecule has 2 heterocycles. The summed E-state index contributed by atoms with van der Waals surface area (Å²) in [5, 5.41) is 19.3. The van der Waals surface area contributed by atoms with E-state index in [-0.39, 0.29) is 11.3 Å². The Morgan fingerprint density at radius 2 is 1.87 bits per heavy atom. The van der Waals surface area contributed by atoms with Gasteiger partial charge in [0.25, 0.3) is 0 Å². The van der Waals surface area contributed by atoms with E-state index in [0.29, 0.717) is 24.0 Å². The lowest BCUT2D eigenvalue weighted by Crippen LogP contribution is -2.32. The molecule has 0 atom stereocenters. The molecule has 2 aromatic rings. The van der Waals surface area contributed by atoms with Gasteiger partial charge >= 0.3 is 0 Å². The van der Waals surface area contributed by atoms with Crippen molar-refractivity contribution in [3.8, 4) is 28.4 Å². The van der Waals surface area contributed by atoms with E-state index in [0.717, 1.165) is 39.5 Å². The fourth-order valence-electron chi connectivity index (χ4n) is 4.47. The van der Waals surface area contributed by atoms with E-state index in [1.165, 1.54) is 5.57 Å². The van der Waals surface area contributed by atoms with Crippen molar-refractivity contribution in [2.24, 2.45) is 11.1 Å². The average molecular weight is 553 g/mol. The van der Waals surface area contributed by atoms with Crippen molar-refractivity contribution in [3.63, 3.8) is 0 Å². The predicted molar refractivity (Wildman–Crippen MR) is 169 cm³/mol. The van der Waals surface area contributed by atoms with Crippen LogP contribution in [-0.4, -0.2) is 36.8 Å². The Bertz CT molecular complexity index is 1230. The Balaban J connectivity index is 0.000000686. The van der Waals surface area contributed by atoms with Crippen molar-refractivity contribution in [1.82, 2.24) is 0 Å². The van der Waals surface area contributed by atoms with Gasteiger partial charge in [-0.2, -0.15) is 0 Å². The standard InChI is InChI=1S/C27H31NO3S.C3H7NO.C2H6/c1-16(2)11-13-32-14-12-22-24-18(25-21(31-22)10-9-20(29)26(25)30-6)7-8-19-23(24)17(3)15-27(4,5)28-19;1-3-5-4-2;1-2/h7-13,15-16,28-29H,14H2,1-6H3;2-3H2,1H3;1-2H3/b13-11-,22-12-;;. The molecule has 0 bridgehead atoms. The van der Waals surface area contributed by atoms with Gasteiger partial charge in [0.2, 0.25) is 0 Å². The van der Waals surface area contributed by atoms with Crippen LogP contribution in [0.15, 0.2) is 53.1 Å². The zero-order chi connectivity index (χ0) is 29.2. The number of allylic oxidation sites excluding steroid dienone is 2. The highest BCUT2D eigenvalue weighted by Gasteiger charge is 2.33. The number of aromatic hydroxyl groups is 1. The number of hydrogen-bond donors (Lipinski definition) is 2. The number of benzene rings is 2. The molecule has 0 radical (unpaired) electrons. The van der Waals surface area contributed by atoms with Gasteiger partial charge in [0.05, 0.1) is 18.2 Å². The molecule has 2 aliphatic rings. The lowest BCUT2D eigenvalue weighted by atomic mass is 9.83. The number of rotatable bonds is 7. The fourth-order valence-corrected chi connectivity index (χ4v) is 5.26. The molecule has 0 saturated carbocycles. The summed E-state index contributed by atoms with van der Waals surface area (Å²) >= 11 is 1.75. The summed E-state index contributed by atoms with van der Waals surface area (Å²) in [5.74, 6) is 3.38. The van der Waals surface area contributed by atoms with Crippen LogP contribution in [-0.2, 0) is 4.84 Å². The number of methoxy groups -OCH3 is 1. The van der Waals surface area contributed by atoms with E-state index >= 15 is 0 Å². The number of nitrogens with zero attached hydrogens (tertiary/aromatic N) is 1. The van der Waals surface area contributed by atoms with Crippen LogP contribution in [0, 0.1) is 5.92 Å². The Kier molecular flexibility index (Phi) is 12.0. The summed E-state index contributed by atoms with van der Waals surface area (Å²) in [6.07, 6.45) is 6.59. The van der Waals surface area contributed by atoms with Crippen LogP contribution in [0.4, 0.5) is 5.69 Å². The molecule has 7 heteroatoms. The van der Waals surface area contributed by atoms with Crippen molar-refractivity contribution < 1.29 is 19.4 Å².